The lowest BCUT2D eigenvalue weighted by Gasteiger charge is -2.22. The predicted molar refractivity (Wildman–Crippen MR) is 114 cm³/mol. The molecule has 0 spiro atoms. The van der Waals surface area contributed by atoms with E-state index in [0.717, 1.165) is 24.1 Å². The Bertz CT molecular complexity index is 847. The molecule has 148 valence electrons. The fraction of sp³-hybridized carbons (Fsp3) is 0.364. The second kappa shape index (κ2) is 9.60. The number of nitrogens with one attached hydrogen (secondary N) is 3. The lowest BCUT2D eigenvalue weighted by atomic mass is 9.95. The van der Waals surface area contributed by atoms with E-state index in [1.807, 2.05) is 25.1 Å². The van der Waals surface area contributed by atoms with Crippen LogP contribution in [-0.2, 0) is 4.79 Å². The van der Waals surface area contributed by atoms with Gasteiger partial charge in [-0.15, -0.1) is 0 Å². The van der Waals surface area contributed by atoms with E-state index in [9.17, 15) is 9.59 Å². The highest BCUT2D eigenvalue weighted by molar-refractivity contribution is 6.31. The number of rotatable bonds is 6. The SMILES string of the molecule is Cc1c(Cl)cccc1NCC(=O)Nc1cccc(C(=O)NC2CCCCC2)c1. The fourth-order valence-electron chi connectivity index (χ4n) is 3.43. The third-order valence-electron chi connectivity index (χ3n) is 5.06. The van der Waals surface area contributed by atoms with Gasteiger partial charge < -0.3 is 16.0 Å². The van der Waals surface area contributed by atoms with Crippen molar-refractivity contribution >= 4 is 34.8 Å². The molecule has 0 atom stereocenters. The summed E-state index contributed by atoms with van der Waals surface area (Å²) in [4.78, 5) is 24.8. The summed E-state index contributed by atoms with van der Waals surface area (Å²) in [6.45, 7) is 2.01. The van der Waals surface area contributed by atoms with Gasteiger partial charge in [0.2, 0.25) is 5.91 Å². The van der Waals surface area contributed by atoms with Crippen LogP contribution in [0.15, 0.2) is 42.5 Å². The first-order chi connectivity index (χ1) is 13.5. The molecule has 28 heavy (non-hydrogen) atoms. The maximum absolute atomic E-state index is 12.5. The number of carbonyl (C=O) groups excluding carboxylic acids is 2. The molecule has 1 aliphatic carbocycles. The highest BCUT2D eigenvalue weighted by atomic mass is 35.5. The summed E-state index contributed by atoms with van der Waals surface area (Å²) in [5.74, 6) is -0.278. The van der Waals surface area contributed by atoms with Crippen molar-refractivity contribution in [3.8, 4) is 0 Å². The number of benzene rings is 2. The zero-order valence-corrected chi connectivity index (χ0v) is 16.8. The minimum Gasteiger partial charge on any atom is -0.376 e. The molecule has 3 rings (SSSR count). The minimum atomic E-state index is -0.191. The average Bonchev–Trinajstić information content (AvgIpc) is 2.70. The van der Waals surface area contributed by atoms with Crippen molar-refractivity contribution < 1.29 is 9.59 Å². The Hall–Kier alpha value is -2.53. The second-order valence-corrected chi connectivity index (χ2v) is 7.61. The highest BCUT2D eigenvalue weighted by Crippen LogP contribution is 2.23. The predicted octanol–water partition coefficient (Wildman–Crippen LogP) is 4.76. The van der Waals surface area contributed by atoms with Gasteiger partial charge in [-0.2, -0.15) is 0 Å². The highest BCUT2D eigenvalue weighted by Gasteiger charge is 2.17. The quantitative estimate of drug-likeness (QED) is 0.655. The van der Waals surface area contributed by atoms with Gasteiger partial charge in [0.25, 0.3) is 5.91 Å². The second-order valence-electron chi connectivity index (χ2n) is 7.20. The third kappa shape index (κ3) is 5.49. The lowest BCUT2D eigenvalue weighted by Crippen LogP contribution is -2.36. The van der Waals surface area contributed by atoms with E-state index in [4.69, 9.17) is 11.6 Å². The number of hydrogen-bond acceptors (Lipinski definition) is 3. The van der Waals surface area contributed by atoms with Crippen LogP contribution in [0.3, 0.4) is 0 Å². The van der Waals surface area contributed by atoms with Gasteiger partial charge in [-0.25, -0.2) is 0 Å². The van der Waals surface area contributed by atoms with Crippen LogP contribution in [0.4, 0.5) is 11.4 Å². The van der Waals surface area contributed by atoms with Crippen molar-refractivity contribution in [1.29, 1.82) is 0 Å². The van der Waals surface area contributed by atoms with E-state index < -0.39 is 0 Å². The molecule has 0 aliphatic heterocycles. The van der Waals surface area contributed by atoms with E-state index in [2.05, 4.69) is 16.0 Å². The number of carbonyl (C=O) groups is 2. The van der Waals surface area contributed by atoms with Crippen LogP contribution in [0.1, 0.15) is 48.0 Å². The van der Waals surface area contributed by atoms with Crippen molar-refractivity contribution in [2.24, 2.45) is 0 Å². The molecule has 1 fully saturated rings. The first-order valence-corrected chi connectivity index (χ1v) is 10.1. The van der Waals surface area contributed by atoms with Gasteiger partial charge in [0.05, 0.1) is 6.54 Å². The molecule has 2 aromatic rings. The number of anilines is 2. The summed E-state index contributed by atoms with van der Waals surface area (Å²) < 4.78 is 0. The minimum absolute atomic E-state index is 0.0873. The number of amides is 2. The van der Waals surface area contributed by atoms with Crippen molar-refractivity contribution in [1.82, 2.24) is 5.32 Å². The van der Waals surface area contributed by atoms with Crippen LogP contribution in [0.25, 0.3) is 0 Å². The van der Waals surface area contributed by atoms with Gasteiger partial charge in [-0.3, -0.25) is 9.59 Å². The van der Waals surface area contributed by atoms with Crippen LogP contribution in [-0.4, -0.2) is 24.4 Å². The summed E-state index contributed by atoms with van der Waals surface area (Å²) in [5, 5.41) is 9.67. The molecule has 0 bridgehead atoms. The van der Waals surface area contributed by atoms with Crippen LogP contribution in [0, 0.1) is 6.92 Å². The van der Waals surface area contributed by atoms with E-state index in [0.29, 0.717) is 16.3 Å². The maximum atomic E-state index is 12.5. The lowest BCUT2D eigenvalue weighted by molar-refractivity contribution is -0.114. The Balaban J connectivity index is 1.55. The number of halogens is 1. The Morgan fingerprint density at radius 3 is 2.61 bits per heavy atom. The monoisotopic (exact) mass is 399 g/mol. The first-order valence-electron chi connectivity index (χ1n) is 9.72. The van der Waals surface area contributed by atoms with Crippen molar-refractivity contribution in [3.63, 3.8) is 0 Å². The zero-order valence-electron chi connectivity index (χ0n) is 16.1. The van der Waals surface area contributed by atoms with Gasteiger partial charge >= 0.3 is 0 Å². The van der Waals surface area contributed by atoms with E-state index >= 15 is 0 Å². The van der Waals surface area contributed by atoms with Crippen LogP contribution >= 0.6 is 11.6 Å². The maximum Gasteiger partial charge on any atom is 0.251 e. The largest absolute Gasteiger partial charge is 0.376 e. The average molecular weight is 400 g/mol. The summed E-state index contributed by atoms with van der Waals surface area (Å²) in [7, 11) is 0. The molecule has 0 saturated heterocycles. The molecular formula is C22H26ClN3O2. The fourth-order valence-corrected chi connectivity index (χ4v) is 3.61. The van der Waals surface area contributed by atoms with Crippen LogP contribution in [0.2, 0.25) is 5.02 Å². The Morgan fingerprint density at radius 2 is 1.82 bits per heavy atom. The standard InChI is InChI=1S/C22H26ClN3O2/c1-15-19(23)11-6-12-20(15)24-14-21(27)25-18-10-5-7-16(13-18)22(28)26-17-8-3-2-4-9-17/h5-7,10-13,17,24H,2-4,8-9,14H2,1H3,(H,25,27)(H,26,28). The molecule has 6 heteroatoms. The van der Waals surface area contributed by atoms with Crippen molar-refractivity contribution in [2.75, 3.05) is 17.2 Å². The summed E-state index contributed by atoms with van der Waals surface area (Å²) in [6, 6.07) is 12.8. The van der Waals surface area contributed by atoms with Gasteiger partial charge in [-0.05, 0) is 55.7 Å². The zero-order chi connectivity index (χ0) is 19.9. The molecule has 0 unspecified atom stereocenters. The van der Waals surface area contributed by atoms with Gasteiger partial charge in [0, 0.05) is 28.0 Å². The molecule has 5 nitrogen and oxygen atoms in total. The third-order valence-corrected chi connectivity index (χ3v) is 5.47. The van der Waals surface area contributed by atoms with Crippen LogP contribution in [0.5, 0.6) is 0 Å². The topological polar surface area (TPSA) is 70.2 Å². The van der Waals surface area contributed by atoms with Crippen molar-refractivity contribution in [2.45, 2.75) is 45.1 Å². The Labute approximate surface area is 170 Å². The molecular weight excluding hydrogens is 374 g/mol. The molecule has 1 aliphatic rings. The van der Waals surface area contributed by atoms with E-state index in [1.54, 1.807) is 24.3 Å². The molecule has 2 amide bonds. The van der Waals surface area contributed by atoms with Crippen LogP contribution < -0.4 is 16.0 Å². The summed E-state index contributed by atoms with van der Waals surface area (Å²) >= 11 is 6.10. The molecule has 1 saturated carbocycles. The molecule has 2 aromatic carbocycles. The summed E-state index contributed by atoms with van der Waals surface area (Å²) in [5.41, 5.74) is 2.88. The smallest absolute Gasteiger partial charge is 0.251 e. The molecule has 0 heterocycles. The van der Waals surface area contributed by atoms with Gasteiger partial charge in [-0.1, -0.05) is 43.0 Å². The molecule has 3 N–H and O–H groups in total. The first kappa shape index (κ1) is 20.2. The molecule has 0 aromatic heterocycles. The Kier molecular flexibility index (Phi) is 6.93. The van der Waals surface area contributed by atoms with Gasteiger partial charge in [0.1, 0.15) is 0 Å². The van der Waals surface area contributed by atoms with E-state index in [-0.39, 0.29) is 24.4 Å². The van der Waals surface area contributed by atoms with Crippen molar-refractivity contribution in [3.05, 3.63) is 58.6 Å². The van der Waals surface area contributed by atoms with E-state index in [1.165, 1.54) is 19.3 Å². The summed E-state index contributed by atoms with van der Waals surface area (Å²) in [6.07, 6.45) is 5.66. The normalized spacial score (nSPS) is 14.4. The molecule has 0 radical (unpaired) electrons. The Morgan fingerprint density at radius 1 is 1.07 bits per heavy atom. The van der Waals surface area contributed by atoms with Gasteiger partial charge in [0.15, 0.2) is 0 Å². The number of hydrogen-bond donors (Lipinski definition) is 3.